The fourth-order valence-electron chi connectivity index (χ4n) is 8.16. The van der Waals surface area contributed by atoms with Crippen LogP contribution in [0.4, 0.5) is 15.3 Å². The fourth-order valence-corrected chi connectivity index (χ4v) is 8.16. The molecule has 294 valence electrons. The Bertz CT molecular complexity index is 2190. The molecular formula is C42H50N8O6. The van der Waals surface area contributed by atoms with Gasteiger partial charge in [0.15, 0.2) is 0 Å². The maximum atomic E-state index is 13.8. The Balaban J connectivity index is 1.08. The molecule has 2 fully saturated rings. The highest BCUT2D eigenvalue weighted by molar-refractivity contribution is 6.05. The van der Waals surface area contributed by atoms with E-state index in [4.69, 9.17) is 9.73 Å². The van der Waals surface area contributed by atoms with E-state index in [1.807, 2.05) is 18.7 Å². The third-order valence-electron chi connectivity index (χ3n) is 11.1. The lowest BCUT2D eigenvalue weighted by Gasteiger charge is -2.36. The monoisotopic (exact) mass is 762 g/mol. The highest BCUT2D eigenvalue weighted by Gasteiger charge is 2.41. The number of H-pyrrole nitrogens is 1. The number of nitrogens with one attached hydrogen (secondary N) is 4. The van der Waals surface area contributed by atoms with Crippen LogP contribution in [0.15, 0.2) is 65.8 Å². The van der Waals surface area contributed by atoms with Crippen molar-refractivity contribution in [2.24, 2.45) is 10.9 Å². The molecule has 14 heteroatoms. The molecule has 0 unspecified atom stereocenters. The van der Waals surface area contributed by atoms with Crippen molar-refractivity contribution in [2.75, 3.05) is 39.2 Å². The summed E-state index contributed by atoms with van der Waals surface area (Å²) in [6.07, 6.45) is 3.79. The van der Waals surface area contributed by atoms with E-state index in [2.05, 4.69) is 99.1 Å². The molecule has 4 aromatic rings. The number of anilines is 1. The second-order valence-electron chi connectivity index (χ2n) is 15.5. The Hall–Kier alpha value is -5.92. The van der Waals surface area contributed by atoms with Crippen molar-refractivity contribution in [3.63, 3.8) is 0 Å². The highest BCUT2D eigenvalue weighted by Crippen LogP contribution is 2.40. The third-order valence-corrected chi connectivity index (χ3v) is 11.1. The zero-order valence-electron chi connectivity index (χ0n) is 32.8. The number of aromatic nitrogens is 2. The number of carbonyl (C=O) groups is 4. The SMILES string of the molecule is COC(=O)NCC(=O)N1CCC[C@H]1c1ncc(-c2ccc3cc(-c4ccc5c(c4)NC([C@@H]4CCCN4C(=O)[C@@H](NC(=O)OC)C(C)C)=NC5(C)C)ccc3c2)[nH]1. The van der Waals surface area contributed by atoms with Crippen LogP contribution in [0.2, 0.25) is 0 Å². The summed E-state index contributed by atoms with van der Waals surface area (Å²) >= 11 is 0. The van der Waals surface area contributed by atoms with E-state index in [9.17, 15) is 19.2 Å². The molecule has 0 saturated carbocycles. The molecule has 0 aliphatic carbocycles. The van der Waals surface area contributed by atoms with Gasteiger partial charge in [-0.3, -0.25) is 14.6 Å². The average molecular weight is 763 g/mol. The van der Waals surface area contributed by atoms with Crippen LogP contribution in [0.1, 0.15) is 70.8 Å². The number of ether oxygens (including phenoxy) is 2. The lowest BCUT2D eigenvalue weighted by atomic mass is 9.88. The van der Waals surface area contributed by atoms with Crippen LogP contribution in [0.3, 0.4) is 0 Å². The first kappa shape index (κ1) is 38.4. The molecule has 0 spiro atoms. The molecule has 4 amide bonds. The van der Waals surface area contributed by atoms with Crippen LogP contribution >= 0.6 is 0 Å². The summed E-state index contributed by atoms with van der Waals surface area (Å²) in [6, 6.07) is 18.0. The van der Waals surface area contributed by atoms with E-state index < -0.39 is 23.8 Å². The number of amidine groups is 1. The summed E-state index contributed by atoms with van der Waals surface area (Å²) in [5, 5.41) is 11.0. The Kier molecular flexibility index (Phi) is 10.7. The number of hydrogen-bond donors (Lipinski definition) is 4. The fraction of sp³-hybridized carbons (Fsp3) is 0.429. The first-order chi connectivity index (χ1) is 26.9. The van der Waals surface area contributed by atoms with Gasteiger partial charge in [0.25, 0.3) is 0 Å². The van der Waals surface area contributed by atoms with Crippen LogP contribution in [0, 0.1) is 5.92 Å². The maximum Gasteiger partial charge on any atom is 0.407 e. The topological polar surface area (TPSA) is 170 Å². The number of fused-ring (bicyclic) bond motifs is 2. The van der Waals surface area contributed by atoms with E-state index in [-0.39, 0.29) is 36.4 Å². The first-order valence-electron chi connectivity index (χ1n) is 19.2. The smallest absolute Gasteiger partial charge is 0.407 e. The van der Waals surface area contributed by atoms with Crippen LogP contribution in [0.5, 0.6) is 0 Å². The molecule has 0 bridgehead atoms. The molecule has 1 aromatic heterocycles. The van der Waals surface area contributed by atoms with Gasteiger partial charge < -0.3 is 40.2 Å². The molecule has 3 aromatic carbocycles. The summed E-state index contributed by atoms with van der Waals surface area (Å²) < 4.78 is 9.40. The number of carbonyl (C=O) groups excluding carboxylic acids is 4. The van der Waals surface area contributed by atoms with Crippen molar-refractivity contribution in [1.29, 1.82) is 0 Å². The average Bonchev–Trinajstić information content (AvgIpc) is 3.99. The number of nitrogens with zero attached hydrogens (tertiary/aromatic N) is 4. The van der Waals surface area contributed by atoms with Crippen molar-refractivity contribution >= 4 is 46.3 Å². The van der Waals surface area contributed by atoms with Crippen LogP contribution in [-0.4, -0.2) is 95.5 Å². The lowest BCUT2D eigenvalue weighted by Crippen LogP contribution is -2.55. The largest absolute Gasteiger partial charge is 0.453 e. The van der Waals surface area contributed by atoms with Crippen molar-refractivity contribution < 1.29 is 28.7 Å². The number of benzene rings is 3. The Morgan fingerprint density at radius 1 is 0.857 bits per heavy atom. The number of hydrogen-bond acceptors (Lipinski definition) is 9. The second kappa shape index (κ2) is 15.7. The van der Waals surface area contributed by atoms with E-state index >= 15 is 0 Å². The molecule has 14 nitrogen and oxygen atoms in total. The van der Waals surface area contributed by atoms with Crippen molar-refractivity contribution in [2.45, 2.75) is 77.0 Å². The number of methoxy groups -OCH3 is 2. The van der Waals surface area contributed by atoms with E-state index in [1.54, 1.807) is 11.1 Å². The van der Waals surface area contributed by atoms with E-state index in [0.717, 1.165) is 81.8 Å². The lowest BCUT2D eigenvalue weighted by molar-refractivity contribution is -0.134. The van der Waals surface area contributed by atoms with E-state index in [1.165, 1.54) is 14.2 Å². The quantitative estimate of drug-likeness (QED) is 0.153. The standard InChI is InChI=1S/C42H50N8O6/c1-24(2)36(47-41(54)56-6)39(52)50-18-8-10-34(50)38-45-31-21-28(15-16-30(31)42(3,4)48-38)26-11-12-27-20-29(14-13-25(27)19-26)32-22-43-37(46-32)33-9-7-17-49(33)35(51)23-44-40(53)55-5/h11-16,19-22,24,33-34,36H,7-10,17-18,23H2,1-6H3,(H,43,46)(H,44,53)(H,45,48)(H,47,54)/t33-,34-,36-/m0/s1. The van der Waals surface area contributed by atoms with E-state index in [0.29, 0.717) is 13.1 Å². The second-order valence-corrected chi connectivity index (χ2v) is 15.5. The summed E-state index contributed by atoms with van der Waals surface area (Å²) in [5.74, 6) is 1.04. The first-order valence-corrected chi connectivity index (χ1v) is 19.2. The number of alkyl carbamates (subject to hydrolysis) is 2. The van der Waals surface area contributed by atoms with Gasteiger partial charge in [0.2, 0.25) is 11.8 Å². The molecule has 2 saturated heterocycles. The Morgan fingerprint density at radius 2 is 1.50 bits per heavy atom. The maximum absolute atomic E-state index is 13.8. The minimum atomic E-state index is -0.704. The number of rotatable bonds is 9. The van der Waals surface area contributed by atoms with Gasteiger partial charge in [-0.05, 0) is 85.5 Å². The minimum Gasteiger partial charge on any atom is -0.453 e. The van der Waals surface area contributed by atoms with Gasteiger partial charge in [0.1, 0.15) is 24.2 Å². The Labute approximate surface area is 326 Å². The molecule has 3 aliphatic heterocycles. The molecular weight excluding hydrogens is 713 g/mol. The van der Waals surface area contributed by atoms with Crippen LogP contribution < -0.4 is 16.0 Å². The summed E-state index contributed by atoms with van der Waals surface area (Å²) in [7, 11) is 2.56. The highest BCUT2D eigenvalue weighted by atomic mass is 16.5. The molecule has 7 rings (SSSR count). The molecule has 3 aliphatic rings. The number of amides is 4. The van der Waals surface area contributed by atoms with Gasteiger partial charge in [-0.1, -0.05) is 50.2 Å². The van der Waals surface area contributed by atoms with Crippen LogP contribution in [-0.2, 0) is 24.6 Å². The summed E-state index contributed by atoms with van der Waals surface area (Å²) in [5.41, 5.74) is 5.47. The van der Waals surface area contributed by atoms with Gasteiger partial charge in [-0.15, -0.1) is 0 Å². The van der Waals surface area contributed by atoms with Gasteiger partial charge in [0.05, 0.1) is 43.7 Å². The minimum absolute atomic E-state index is 0.118. The zero-order valence-corrected chi connectivity index (χ0v) is 32.8. The Morgan fingerprint density at radius 3 is 2.21 bits per heavy atom. The number of likely N-dealkylation sites (tertiary alicyclic amines) is 2. The predicted molar refractivity (Wildman–Crippen MR) is 214 cm³/mol. The van der Waals surface area contributed by atoms with Crippen molar-refractivity contribution in [1.82, 2.24) is 30.4 Å². The third kappa shape index (κ3) is 7.64. The van der Waals surface area contributed by atoms with Crippen LogP contribution in [0.25, 0.3) is 33.2 Å². The van der Waals surface area contributed by atoms with Gasteiger partial charge >= 0.3 is 12.2 Å². The molecule has 4 heterocycles. The summed E-state index contributed by atoms with van der Waals surface area (Å²) in [6.45, 7) is 9.06. The van der Waals surface area contributed by atoms with Gasteiger partial charge in [-0.2, -0.15) is 0 Å². The van der Waals surface area contributed by atoms with Crippen molar-refractivity contribution in [3.05, 3.63) is 72.2 Å². The van der Waals surface area contributed by atoms with Gasteiger partial charge in [0, 0.05) is 29.9 Å². The number of aromatic amines is 1. The molecule has 56 heavy (non-hydrogen) atoms. The number of imidazole rings is 1. The van der Waals surface area contributed by atoms with Crippen molar-refractivity contribution in [3.8, 4) is 22.4 Å². The normalized spacial score (nSPS) is 19.2. The summed E-state index contributed by atoms with van der Waals surface area (Å²) in [4.78, 5) is 67.1. The molecule has 0 radical (unpaired) electrons. The molecule has 4 N–H and O–H groups in total. The predicted octanol–water partition coefficient (Wildman–Crippen LogP) is 6.35. The van der Waals surface area contributed by atoms with Gasteiger partial charge in [-0.25, -0.2) is 14.6 Å². The molecule has 3 atom stereocenters. The number of aliphatic imine (C=N–C) groups is 1. The zero-order chi connectivity index (χ0) is 39.7.